The Morgan fingerprint density at radius 1 is 0.400 bits per heavy atom. The van der Waals surface area contributed by atoms with Crippen molar-refractivity contribution in [2.75, 3.05) is 10.6 Å². The van der Waals surface area contributed by atoms with Gasteiger partial charge < -0.3 is 10.6 Å². The maximum atomic E-state index is 3.58. The van der Waals surface area contributed by atoms with Crippen molar-refractivity contribution >= 4 is 33.5 Å². The third kappa shape index (κ3) is 3.89. The summed E-state index contributed by atoms with van der Waals surface area (Å²) in [5.41, 5.74) is 6.63. The first-order valence-corrected chi connectivity index (χ1v) is 10.1. The Morgan fingerprint density at radius 3 is 1.77 bits per heavy atom. The molecule has 0 aliphatic carbocycles. The molecule has 5 aromatic rings. The maximum absolute atomic E-state index is 3.58. The Hall–Kier alpha value is -4.04. The molecule has 0 fully saturated rings. The van der Waals surface area contributed by atoms with E-state index in [0.29, 0.717) is 0 Å². The monoisotopic (exact) mass is 386 g/mol. The lowest BCUT2D eigenvalue weighted by Gasteiger charge is -2.16. The van der Waals surface area contributed by atoms with Crippen LogP contribution in [0.1, 0.15) is 0 Å². The van der Waals surface area contributed by atoms with Gasteiger partial charge in [0, 0.05) is 28.3 Å². The molecule has 0 bridgehead atoms. The summed E-state index contributed by atoms with van der Waals surface area (Å²) >= 11 is 0. The minimum Gasteiger partial charge on any atom is -0.356 e. The van der Waals surface area contributed by atoms with Crippen molar-refractivity contribution in [1.29, 1.82) is 0 Å². The van der Waals surface area contributed by atoms with E-state index >= 15 is 0 Å². The fourth-order valence-corrected chi connectivity index (χ4v) is 3.69. The molecular weight excluding hydrogens is 364 g/mol. The Morgan fingerprint density at radius 2 is 1.03 bits per heavy atom. The molecule has 0 spiro atoms. The lowest BCUT2D eigenvalue weighted by molar-refractivity contribution is 1.51. The summed E-state index contributed by atoms with van der Waals surface area (Å²) in [4.78, 5) is 0. The van der Waals surface area contributed by atoms with Crippen LogP contribution in [0.4, 0.5) is 22.7 Å². The second-order valence-electron chi connectivity index (χ2n) is 7.30. The van der Waals surface area contributed by atoms with Gasteiger partial charge in [0.05, 0.1) is 0 Å². The third-order valence-electron chi connectivity index (χ3n) is 5.20. The second-order valence-corrected chi connectivity index (χ2v) is 7.30. The van der Waals surface area contributed by atoms with Crippen LogP contribution in [-0.4, -0.2) is 0 Å². The molecule has 144 valence electrons. The number of hydrogen-bond acceptors (Lipinski definition) is 2. The average molecular weight is 386 g/mol. The zero-order chi connectivity index (χ0) is 20.2. The highest BCUT2D eigenvalue weighted by Gasteiger charge is 2.09. The molecule has 0 saturated heterocycles. The molecule has 0 unspecified atom stereocenters. The van der Waals surface area contributed by atoms with Crippen LogP contribution in [-0.2, 0) is 0 Å². The fraction of sp³-hybridized carbons (Fsp3) is 0. The molecule has 0 aliphatic rings. The predicted octanol–water partition coefficient (Wildman–Crippen LogP) is 7.99. The van der Waals surface area contributed by atoms with Crippen molar-refractivity contribution in [1.82, 2.24) is 0 Å². The van der Waals surface area contributed by atoms with Gasteiger partial charge in [-0.1, -0.05) is 72.8 Å². The molecule has 2 N–H and O–H groups in total. The molecule has 0 heterocycles. The van der Waals surface area contributed by atoms with Crippen LogP contribution in [0, 0.1) is 0 Å². The van der Waals surface area contributed by atoms with Gasteiger partial charge in [-0.2, -0.15) is 0 Å². The normalized spacial score (nSPS) is 10.7. The van der Waals surface area contributed by atoms with E-state index in [1.807, 2.05) is 36.4 Å². The number of anilines is 4. The smallest absolute Gasteiger partial charge is 0.0465 e. The quantitative estimate of drug-likeness (QED) is 0.320. The SMILES string of the molecule is c1ccc(Nc2ccc(Nc3ccccc3)c(-c3ccc4ccccc4c3)c2)cc1. The summed E-state index contributed by atoms with van der Waals surface area (Å²) in [5, 5.41) is 9.58. The van der Waals surface area contributed by atoms with E-state index in [0.717, 1.165) is 28.3 Å². The summed E-state index contributed by atoms with van der Waals surface area (Å²) in [6.07, 6.45) is 0. The molecule has 30 heavy (non-hydrogen) atoms. The van der Waals surface area contributed by atoms with E-state index in [-0.39, 0.29) is 0 Å². The number of hydrogen-bond donors (Lipinski definition) is 2. The topological polar surface area (TPSA) is 24.1 Å². The van der Waals surface area contributed by atoms with E-state index < -0.39 is 0 Å². The first-order chi connectivity index (χ1) is 14.8. The Kier molecular flexibility index (Phi) is 4.89. The van der Waals surface area contributed by atoms with Crippen LogP contribution in [0.5, 0.6) is 0 Å². The van der Waals surface area contributed by atoms with Crippen molar-refractivity contribution in [3.63, 3.8) is 0 Å². The van der Waals surface area contributed by atoms with Crippen molar-refractivity contribution in [2.24, 2.45) is 0 Å². The van der Waals surface area contributed by atoms with Gasteiger partial charge in [-0.25, -0.2) is 0 Å². The number of rotatable bonds is 5. The lowest BCUT2D eigenvalue weighted by Crippen LogP contribution is -1.96. The van der Waals surface area contributed by atoms with Crippen LogP contribution in [0.2, 0.25) is 0 Å². The van der Waals surface area contributed by atoms with Gasteiger partial charge in [-0.15, -0.1) is 0 Å². The molecule has 2 heteroatoms. The van der Waals surface area contributed by atoms with Gasteiger partial charge in [-0.3, -0.25) is 0 Å². The van der Waals surface area contributed by atoms with E-state index in [4.69, 9.17) is 0 Å². The highest BCUT2D eigenvalue weighted by molar-refractivity contribution is 5.91. The molecular formula is C28H22N2. The molecule has 0 amide bonds. The standard InChI is InChI=1S/C28H22N2/c1-3-11-24(12-4-1)29-26-17-18-28(30-25-13-5-2-6-14-25)27(20-26)23-16-15-21-9-7-8-10-22(21)19-23/h1-20,29-30H. The van der Waals surface area contributed by atoms with Gasteiger partial charge in [-0.05, 0) is 64.9 Å². The zero-order valence-corrected chi connectivity index (χ0v) is 16.5. The molecule has 5 aromatic carbocycles. The minimum absolute atomic E-state index is 1.06. The number of benzene rings is 5. The average Bonchev–Trinajstić information content (AvgIpc) is 2.81. The fourth-order valence-electron chi connectivity index (χ4n) is 3.69. The van der Waals surface area contributed by atoms with Gasteiger partial charge in [0.1, 0.15) is 0 Å². The summed E-state index contributed by atoms with van der Waals surface area (Å²) in [6.45, 7) is 0. The predicted molar refractivity (Wildman–Crippen MR) is 129 cm³/mol. The number of nitrogens with one attached hydrogen (secondary N) is 2. The minimum atomic E-state index is 1.06. The first kappa shape index (κ1) is 18.0. The number of para-hydroxylation sites is 2. The Balaban J connectivity index is 1.59. The third-order valence-corrected chi connectivity index (χ3v) is 5.20. The van der Waals surface area contributed by atoms with Crippen molar-refractivity contribution < 1.29 is 0 Å². The van der Waals surface area contributed by atoms with Crippen LogP contribution < -0.4 is 10.6 Å². The lowest BCUT2D eigenvalue weighted by atomic mass is 9.99. The van der Waals surface area contributed by atoms with Gasteiger partial charge in [0.25, 0.3) is 0 Å². The highest BCUT2D eigenvalue weighted by atomic mass is 14.9. The van der Waals surface area contributed by atoms with Crippen molar-refractivity contribution in [3.8, 4) is 11.1 Å². The molecule has 0 saturated carbocycles. The van der Waals surface area contributed by atoms with Crippen LogP contribution in [0.3, 0.4) is 0 Å². The van der Waals surface area contributed by atoms with E-state index in [9.17, 15) is 0 Å². The van der Waals surface area contributed by atoms with E-state index in [1.165, 1.54) is 16.3 Å². The van der Waals surface area contributed by atoms with Gasteiger partial charge >= 0.3 is 0 Å². The molecule has 0 aromatic heterocycles. The zero-order valence-electron chi connectivity index (χ0n) is 16.5. The molecule has 0 radical (unpaired) electrons. The summed E-state index contributed by atoms with van der Waals surface area (Å²) < 4.78 is 0. The maximum Gasteiger partial charge on any atom is 0.0465 e. The second kappa shape index (κ2) is 8.14. The highest BCUT2D eigenvalue weighted by Crippen LogP contribution is 2.35. The van der Waals surface area contributed by atoms with E-state index in [1.54, 1.807) is 0 Å². The molecule has 0 aliphatic heterocycles. The van der Waals surface area contributed by atoms with Crippen LogP contribution in [0.15, 0.2) is 121 Å². The number of fused-ring (bicyclic) bond motifs is 1. The van der Waals surface area contributed by atoms with Crippen molar-refractivity contribution in [2.45, 2.75) is 0 Å². The molecule has 2 nitrogen and oxygen atoms in total. The van der Waals surface area contributed by atoms with Gasteiger partial charge in [0.15, 0.2) is 0 Å². The summed E-state index contributed by atoms with van der Waals surface area (Å²) in [6, 6.07) is 42.1. The largest absolute Gasteiger partial charge is 0.356 e. The summed E-state index contributed by atoms with van der Waals surface area (Å²) in [5.74, 6) is 0. The molecule has 0 atom stereocenters. The Labute approximate surface area is 176 Å². The molecule has 5 rings (SSSR count). The van der Waals surface area contributed by atoms with Crippen LogP contribution in [0.25, 0.3) is 21.9 Å². The van der Waals surface area contributed by atoms with Crippen LogP contribution >= 0.6 is 0 Å². The van der Waals surface area contributed by atoms with Gasteiger partial charge in [0.2, 0.25) is 0 Å². The Bertz CT molecular complexity index is 1280. The summed E-state index contributed by atoms with van der Waals surface area (Å²) in [7, 11) is 0. The van der Waals surface area contributed by atoms with Crippen molar-refractivity contribution in [3.05, 3.63) is 121 Å². The van der Waals surface area contributed by atoms with E-state index in [2.05, 4.69) is 95.6 Å². The first-order valence-electron chi connectivity index (χ1n) is 10.1.